The average Bonchev–Trinajstić information content (AvgIpc) is 3.45. The zero-order chi connectivity index (χ0) is 19.1. The Kier molecular flexibility index (Phi) is 3.93. The summed E-state index contributed by atoms with van der Waals surface area (Å²) in [5.74, 6) is 0.968. The van der Waals surface area contributed by atoms with Crippen LogP contribution in [0.25, 0.3) is 17.0 Å². The number of aryl methyl sites for hydroxylation is 1. The van der Waals surface area contributed by atoms with E-state index in [2.05, 4.69) is 15.1 Å². The second-order valence-corrected chi connectivity index (χ2v) is 6.95. The Hall–Kier alpha value is -3.48. The van der Waals surface area contributed by atoms with Crippen LogP contribution in [-0.2, 0) is 0 Å². The molecule has 1 aliphatic heterocycles. The Bertz CT molecular complexity index is 1150. The quantitative estimate of drug-likeness (QED) is 0.548. The molecule has 1 aliphatic rings. The molecule has 0 N–H and O–H groups in total. The summed E-state index contributed by atoms with van der Waals surface area (Å²) in [5.41, 5.74) is 2.97. The molecule has 0 spiro atoms. The maximum Gasteiger partial charge on any atom is 0.273 e. The molecule has 1 atom stereocenters. The lowest BCUT2D eigenvalue weighted by atomic mass is 10.2. The van der Waals surface area contributed by atoms with Crippen molar-refractivity contribution in [1.82, 2.24) is 24.4 Å². The number of amides is 1. The van der Waals surface area contributed by atoms with Crippen molar-refractivity contribution in [2.75, 3.05) is 6.54 Å². The summed E-state index contributed by atoms with van der Waals surface area (Å²) in [5, 5.41) is 4.11. The molecule has 4 aromatic rings. The third-order valence-corrected chi connectivity index (χ3v) is 5.18. The standard InChI is InChI=1S/C21H19N5O2/c1-14-18(26-12-6-5-11-17(26)22-14)21(27)25-13-7-10-16(25)20-23-19(24-28-20)15-8-3-2-4-9-15/h2-6,8-9,11-12,16H,7,10,13H2,1H3/t16-/m1/s1. The summed E-state index contributed by atoms with van der Waals surface area (Å²) < 4.78 is 7.38. The van der Waals surface area contributed by atoms with Crippen LogP contribution in [0.5, 0.6) is 0 Å². The van der Waals surface area contributed by atoms with Crippen molar-refractivity contribution in [1.29, 1.82) is 0 Å². The van der Waals surface area contributed by atoms with Crippen molar-refractivity contribution in [3.63, 3.8) is 0 Å². The Morgan fingerprint density at radius 1 is 1.11 bits per heavy atom. The molecule has 28 heavy (non-hydrogen) atoms. The molecule has 0 bridgehead atoms. The predicted octanol–water partition coefficient (Wildman–Crippen LogP) is 3.67. The molecule has 0 saturated carbocycles. The average molecular weight is 373 g/mol. The smallest absolute Gasteiger partial charge is 0.273 e. The van der Waals surface area contributed by atoms with Gasteiger partial charge < -0.3 is 9.42 Å². The molecule has 4 heterocycles. The first-order chi connectivity index (χ1) is 13.7. The Labute approximate surface area is 161 Å². The fourth-order valence-corrected chi connectivity index (χ4v) is 3.85. The van der Waals surface area contributed by atoms with E-state index in [1.54, 1.807) is 0 Å². The van der Waals surface area contributed by atoms with Crippen LogP contribution in [0.15, 0.2) is 59.3 Å². The van der Waals surface area contributed by atoms with Crippen LogP contribution < -0.4 is 0 Å². The largest absolute Gasteiger partial charge is 0.337 e. The number of pyridine rings is 1. The lowest BCUT2D eigenvalue weighted by Crippen LogP contribution is -2.32. The van der Waals surface area contributed by atoms with Crippen LogP contribution in [0.3, 0.4) is 0 Å². The minimum Gasteiger partial charge on any atom is -0.337 e. The van der Waals surface area contributed by atoms with Crippen LogP contribution in [-0.4, -0.2) is 36.9 Å². The predicted molar refractivity (Wildman–Crippen MR) is 103 cm³/mol. The molecular weight excluding hydrogens is 354 g/mol. The first-order valence-electron chi connectivity index (χ1n) is 9.36. The fraction of sp³-hybridized carbons (Fsp3) is 0.238. The highest BCUT2D eigenvalue weighted by Crippen LogP contribution is 2.33. The van der Waals surface area contributed by atoms with Gasteiger partial charge in [0.2, 0.25) is 11.7 Å². The molecule has 7 nitrogen and oxygen atoms in total. The van der Waals surface area contributed by atoms with E-state index < -0.39 is 0 Å². The van der Waals surface area contributed by atoms with Gasteiger partial charge in [-0.25, -0.2) is 4.98 Å². The number of benzene rings is 1. The summed E-state index contributed by atoms with van der Waals surface area (Å²) >= 11 is 0. The van der Waals surface area contributed by atoms with Crippen LogP contribution >= 0.6 is 0 Å². The molecule has 1 aromatic carbocycles. The zero-order valence-electron chi connectivity index (χ0n) is 15.4. The van der Waals surface area contributed by atoms with Crippen molar-refractivity contribution in [2.24, 2.45) is 0 Å². The summed E-state index contributed by atoms with van der Waals surface area (Å²) in [7, 11) is 0. The minimum absolute atomic E-state index is 0.0573. The number of likely N-dealkylation sites (tertiary alicyclic amines) is 1. The van der Waals surface area contributed by atoms with E-state index in [9.17, 15) is 4.79 Å². The third kappa shape index (κ3) is 2.67. The van der Waals surface area contributed by atoms with E-state index in [0.717, 1.165) is 29.7 Å². The summed E-state index contributed by atoms with van der Waals surface area (Å²) in [6.07, 6.45) is 3.57. The van der Waals surface area contributed by atoms with Gasteiger partial charge in [-0.3, -0.25) is 9.20 Å². The number of rotatable bonds is 3. The van der Waals surface area contributed by atoms with Gasteiger partial charge in [-0.1, -0.05) is 41.6 Å². The molecule has 0 aliphatic carbocycles. The highest BCUT2D eigenvalue weighted by atomic mass is 16.5. The molecule has 0 unspecified atom stereocenters. The van der Waals surface area contributed by atoms with Gasteiger partial charge in [-0.15, -0.1) is 0 Å². The van der Waals surface area contributed by atoms with E-state index in [4.69, 9.17) is 4.52 Å². The molecule has 5 rings (SSSR count). The SMILES string of the molecule is Cc1nc2ccccn2c1C(=O)N1CCC[C@@H]1c1nc(-c2ccccc2)no1. The summed E-state index contributed by atoms with van der Waals surface area (Å²) in [6, 6.07) is 15.2. The van der Waals surface area contributed by atoms with Crippen LogP contribution in [0.4, 0.5) is 0 Å². The number of hydrogen-bond acceptors (Lipinski definition) is 5. The lowest BCUT2D eigenvalue weighted by molar-refractivity contribution is 0.0702. The molecule has 3 aromatic heterocycles. The van der Waals surface area contributed by atoms with Gasteiger partial charge in [-0.2, -0.15) is 4.98 Å². The monoisotopic (exact) mass is 373 g/mol. The minimum atomic E-state index is -0.217. The van der Waals surface area contributed by atoms with Crippen molar-refractivity contribution in [2.45, 2.75) is 25.8 Å². The lowest BCUT2D eigenvalue weighted by Gasteiger charge is -2.21. The van der Waals surface area contributed by atoms with Crippen LogP contribution in [0.2, 0.25) is 0 Å². The van der Waals surface area contributed by atoms with Crippen LogP contribution in [0.1, 0.15) is 41.0 Å². The van der Waals surface area contributed by atoms with Gasteiger partial charge in [0.15, 0.2) is 0 Å². The number of carbonyl (C=O) groups excluding carboxylic acids is 1. The first kappa shape index (κ1) is 16.7. The third-order valence-electron chi connectivity index (χ3n) is 5.18. The zero-order valence-corrected chi connectivity index (χ0v) is 15.4. The number of nitrogens with zero attached hydrogens (tertiary/aromatic N) is 5. The summed E-state index contributed by atoms with van der Waals surface area (Å²) in [6.45, 7) is 2.53. The van der Waals surface area contributed by atoms with Gasteiger partial charge in [0.25, 0.3) is 5.91 Å². The Balaban J connectivity index is 1.48. The molecule has 1 saturated heterocycles. The topological polar surface area (TPSA) is 76.5 Å². The highest BCUT2D eigenvalue weighted by Gasteiger charge is 2.36. The maximum absolute atomic E-state index is 13.4. The maximum atomic E-state index is 13.4. The van der Waals surface area contributed by atoms with Gasteiger partial charge in [0, 0.05) is 18.3 Å². The normalized spacial score (nSPS) is 16.8. The molecule has 1 fully saturated rings. The van der Waals surface area contributed by atoms with E-state index in [0.29, 0.717) is 24.0 Å². The Morgan fingerprint density at radius 2 is 1.93 bits per heavy atom. The van der Waals surface area contributed by atoms with Crippen molar-refractivity contribution >= 4 is 11.6 Å². The van der Waals surface area contributed by atoms with Crippen LogP contribution in [0, 0.1) is 6.92 Å². The summed E-state index contributed by atoms with van der Waals surface area (Å²) in [4.78, 5) is 24.3. The van der Waals surface area contributed by atoms with E-state index in [1.807, 2.05) is 71.0 Å². The number of hydrogen-bond donors (Lipinski definition) is 0. The van der Waals surface area contributed by atoms with E-state index >= 15 is 0 Å². The van der Waals surface area contributed by atoms with Gasteiger partial charge in [-0.05, 0) is 31.9 Å². The van der Waals surface area contributed by atoms with Gasteiger partial charge in [0.05, 0.1) is 5.69 Å². The molecule has 1 amide bonds. The van der Waals surface area contributed by atoms with Gasteiger partial charge >= 0.3 is 0 Å². The fourth-order valence-electron chi connectivity index (χ4n) is 3.85. The number of aromatic nitrogens is 4. The Morgan fingerprint density at radius 3 is 2.79 bits per heavy atom. The number of carbonyl (C=O) groups is 1. The molecular formula is C21H19N5O2. The molecule has 0 radical (unpaired) electrons. The van der Waals surface area contributed by atoms with Crippen molar-refractivity contribution in [3.8, 4) is 11.4 Å². The first-order valence-corrected chi connectivity index (χ1v) is 9.36. The second kappa shape index (κ2) is 6.60. The molecule has 140 valence electrons. The number of imidazole rings is 1. The highest BCUT2D eigenvalue weighted by molar-refractivity contribution is 5.95. The van der Waals surface area contributed by atoms with E-state index in [1.165, 1.54) is 0 Å². The van der Waals surface area contributed by atoms with E-state index in [-0.39, 0.29) is 11.9 Å². The van der Waals surface area contributed by atoms with Crippen molar-refractivity contribution < 1.29 is 9.32 Å². The van der Waals surface area contributed by atoms with Gasteiger partial charge in [0.1, 0.15) is 17.4 Å². The second-order valence-electron chi connectivity index (χ2n) is 6.95. The van der Waals surface area contributed by atoms with Crippen molar-refractivity contribution in [3.05, 3.63) is 72.0 Å². The number of fused-ring (bicyclic) bond motifs is 1. The molecule has 7 heteroatoms.